The van der Waals surface area contributed by atoms with Gasteiger partial charge in [-0.05, 0) is 29.7 Å². The largest absolute Gasteiger partial charge is 0.469 e. The highest BCUT2D eigenvalue weighted by Gasteiger charge is 2.48. The first-order valence-electron chi connectivity index (χ1n) is 7.18. The molecule has 0 heterocycles. The van der Waals surface area contributed by atoms with E-state index in [1.165, 1.54) is 7.11 Å². The van der Waals surface area contributed by atoms with Crippen molar-refractivity contribution in [3.63, 3.8) is 0 Å². The van der Waals surface area contributed by atoms with E-state index in [0.717, 1.165) is 16.8 Å². The molecule has 0 aromatic heterocycles. The molecule has 4 nitrogen and oxygen atoms in total. The van der Waals surface area contributed by atoms with Crippen LogP contribution in [0.2, 0.25) is 0 Å². The lowest BCUT2D eigenvalue weighted by Crippen LogP contribution is -2.10. The van der Waals surface area contributed by atoms with Crippen molar-refractivity contribution in [1.29, 1.82) is 0 Å². The second-order valence-corrected chi connectivity index (χ2v) is 5.54. The minimum absolute atomic E-state index is 0.0132. The van der Waals surface area contributed by atoms with E-state index in [-0.39, 0.29) is 23.6 Å². The molecule has 2 aromatic carbocycles. The number of carbonyl (C=O) groups is 2. The van der Waals surface area contributed by atoms with Gasteiger partial charge in [0.1, 0.15) is 0 Å². The monoisotopic (exact) mass is 295 g/mol. The molecule has 0 amide bonds. The molecule has 3 rings (SSSR count). The number of methoxy groups -OCH3 is 1. The Hall–Kier alpha value is -2.62. The summed E-state index contributed by atoms with van der Waals surface area (Å²) in [6.07, 6.45) is 0.589. The molecule has 112 valence electrons. The number of ketones is 1. The molecule has 0 spiro atoms. The van der Waals surface area contributed by atoms with Crippen LogP contribution in [-0.4, -0.2) is 18.9 Å². The highest BCUT2D eigenvalue weighted by Crippen LogP contribution is 2.41. The highest BCUT2D eigenvalue weighted by molar-refractivity contribution is 6.03. The number of ether oxygens (including phenoxy) is 1. The molecular formula is C18H17NO3. The van der Waals surface area contributed by atoms with Gasteiger partial charge in [0.25, 0.3) is 0 Å². The summed E-state index contributed by atoms with van der Waals surface area (Å²) in [5, 5.41) is 0. The van der Waals surface area contributed by atoms with Gasteiger partial charge in [0.2, 0.25) is 0 Å². The maximum absolute atomic E-state index is 12.3. The quantitative estimate of drug-likeness (QED) is 0.535. The van der Waals surface area contributed by atoms with Crippen LogP contribution in [0.3, 0.4) is 0 Å². The van der Waals surface area contributed by atoms with Crippen LogP contribution in [0, 0.1) is 11.8 Å². The number of esters is 1. The predicted molar refractivity (Wildman–Crippen MR) is 84.2 cm³/mol. The van der Waals surface area contributed by atoms with E-state index in [0.29, 0.717) is 12.0 Å². The lowest BCUT2D eigenvalue weighted by molar-refractivity contribution is -0.142. The number of benzene rings is 2. The molecule has 1 saturated carbocycles. The van der Waals surface area contributed by atoms with Crippen molar-refractivity contribution in [3.05, 3.63) is 54.1 Å². The molecule has 4 heteroatoms. The van der Waals surface area contributed by atoms with Crippen molar-refractivity contribution >= 4 is 17.4 Å². The maximum Gasteiger partial charge on any atom is 0.309 e. The van der Waals surface area contributed by atoms with Crippen molar-refractivity contribution in [2.24, 2.45) is 11.8 Å². The Kier molecular flexibility index (Phi) is 3.67. The fraction of sp³-hybridized carbons (Fsp3) is 0.222. The van der Waals surface area contributed by atoms with Gasteiger partial charge in [-0.1, -0.05) is 36.4 Å². The Morgan fingerprint density at radius 3 is 2.05 bits per heavy atom. The molecule has 2 aromatic rings. The first-order chi connectivity index (χ1) is 10.6. The summed E-state index contributed by atoms with van der Waals surface area (Å²) < 4.78 is 4.68. The Morgan fingerprint density at radius 1 is 0.955 bits per heavy atom. The normalized spacial score (nSPS) is 19.5. The lowest BCUT2D eigenvalue weighted by atomic mass is 10.0. The van der Waals surface area contributed by atoms with Crippen molar-refractivity contribution in [2.45, 2.75) is 6.42 Å². The number of hydrogen-bond donors (Lipinski definition) is 1. The standard InChI is InChI=1S/C18H17NO3/c1-22-18(21)16-10-15(16)17(20)13-4-2-11(3-5-13)12-6-8-14(19)9-7-12/h2-9,15-16H,10,19H2,1H3. The Morgan fingerprint density at radius 2 is 1.50 bits per heavy atom. The molecular weight excluding hydrogens is 278 g/mol. The van der Waals surface area contributed by atoms with E-state index in [1.54, 1.807) is 12.1 Å². The van der Waals surface area contributed by atoms with Gasteiger partial charge in [0.15, 0.2) is 5.78 Å². The number of anilines is 1. The van der Waals surface area contributed by atoms with E-state index >= 15 is 0 Å². The van der Waals surface area contributed by atoms with E-state index in [2.05, 4.69) is 4.74 Å². The SMILES string of the molecule is COC(=O)C1CC1C(=O)c1ccc(-c2ccc(N)cc2)cc1. The molecule has 0 saturated heterocycles. The van der Waals surface area contributed by atoms with Crippen LogP contribution >= 0.6 is 0 Å². The summed E-state index contributed by atoms with van der Waals surface area (Å²) >= 11 is 0. The minimum Gasteiger partial charge on any atom is -0.469 e. The summed E-state index contributed by atoms with van der Waals surface area (Å²) in [5.41, 5.74) is 9.10. The van der Waals surface area contributed by atoms with Gasteiger partial charge in [-0.2, -0.15) is 0 Å². The zero-order valence-corrected chi connectivity index (χ0v) is 12.3. The number of rotatable bonds is 4. The second-order valence-electron chi connectivity index (χ2n) is 5.54. The summed E-state index contributed by atoms with van der Waals surface area (Å²) in [6, 6.07) is 15.0. The Balaban J connectivity index is 1.73. The summed E-state index contributed by atoms with van der Waals surface area (Å²) in [6.45, 7) is 0. The molecule has 2 unspecified atom stereocenters. The van der Waals surface area contributed by atoms with E-state index in [9.17, 15) is 9.59 Å². The number of nitrogens with two attached hydrogens (primary N) is 1. The van der Waals surface area contributed by atoms with Crippen molar-refractivity contribution in [3.8, 4) is 11.1 Å². The van der Waals surface area contributed by atoms with Gasteiger partial charge in [-0.3, -0.25) is 9.59 Å². The van der Waals surface area contributed by atoms with Crippen LogP contribution in [0.4, 0.5) is 5.69 Å². The van der Waals surface area contributed by atoms with Crippen LogP contribution in [0.15, 0.2) is 48.5 Å². The average Bonchev–Trinajstić information content (AvgIpc) is 3.35. The Bertz CT molecular complexity index is 704. The smallest absolute Gasteiger partial charge is 0.309 e. The van der Waals surface area contributed by atoms with Gasteiger partial charge < -0.3 is 10.5 Å². The van der Waals surface area contributed by atoms with E-state index in [4.69, 9.17) is 5.73 Å². The molecule has 1 fully saturated rings. The van der Waals surface area contributed by atoms with Crippen LogP contribution in [-0.2, 0) is 9.53 Å². The molecule has 2 atom stereocenters. The van der Waals surface area contributed by atoms with Crippen molar-refractivity contribution < 1.29 is 14.3 Å². The molecule has 1 aliphatic rings. The Labute approximate surface area is 128 Å². The molecule has 22 heavy (non-hydrogen) atoms. The van der Waals surface area contributed by atoms with E-state index < -0.39 is 0 Å². The summed E-state index contributed by atoms with van der Waals surface area (Å²) in [4.78, 5) is 23.7. The summed E-state index contributed by atoms with van der Waals surface area (Å²) in [7, 11) is 1.35. The third-order valence-corrected chi connectivity index (χ3v) is 4.04. The molecule has 0 bridgehead atoms. The van der Waals surface area contributed by atoms with Crippen LogP contribution in [0.1, 0.15) is 16.8 Å². The van der Waals surface area contributed by atoms with Gasteiger partial charge in [0.05, 0.1) is 13.0 Å². The maximum atomic E-state index is 12.3. The third kappa shape index (κ3) is 2.72. The number of hydrogen-bond acceptors (Lipinski definition) is 4. The lowest BCUT2D eigenvalue weighted by Gasteiger charge is -2.04. The first kappa shape index (κ1) is 14.3. The zero-order chi connectivity index (χ0) is 15.7. The molecule has 1 aliphatic carbocycles. The predicted octanol–water partition coefficient (Wildman–Crippen LogP) is 2.93. The molecule has 2 N–H and O–H groups in total. The molecule has 0 radical (unpaired) electrons. The van der Waals surface area contributed by atoms with Crippen LogP contribution < -0.4 is 5.73 Å². The molecule has 0 aliphatic heterocycles. The number of nitrogen functional groups attached to an aromatic ring is 1. The highest BCUT2D eigenvalue weighted by atomic mass is 16.5. The number of carbonyl (C=O) groups excluding carboxylic acids is 2. The average molecular weight is 295 g/mol. The number of Topliss-reactive ketones (excluding diaryl/α,β-unsaturated/α-hetero) is 1. The topological polar surface area (TPSA) is 69.4 Å². The van der Waals surface area contributed by atoms with Crippen LogP contribution in [0.25, 0.3) is 11.1 Å². The fourth-order valence-corrected chi connectivity index (χ4v) is 2.61. The summed E-state index contributed by atoms with van der Waals surface area (Å²) in [5.74, 6) is -0.778. The minimum atomic E-state index is -0.295. The first-order valence-corrected chi connectivity index (χ1v) is 7.18. The van der Waals surface area contributed by atoms with Gasteiger partial charge in [0, 0.05) is 17.2 Å². The zero-order valence-electron chi connectivity index (χ0n) is 12.3. The van der Waals surface area contributed by atoms with Crippen molar-refractivity contribution in [1.82, 2.24) is 0 Å². The second kappa shape index (κ2) is 5.64. The van der Waals surface area contributed by atoms with Crippen LogP contribution in [0.5, 0.6) is 0 Å². The van der Waals surface area contributed by atoms with Gasteiger partial charge in [-0.15, -0.1) is 0 Å². The van der Waals surface area contributed by atoms with E-state index in [1.807, 2.05) is 36.4 Å². The van der Waals surface area contributed by atoms with Gasteiger partial charge in [-0.25, -0.2) is 0 Å². The fourth-order valence-electron chi connectivity index (χ4n) is 2.61. The van der Waals surface area contributed by atoms with Gasteiger partial charge >= 0.3 is 5.97 Å². The van der Waals surface area contributed by atoms with Crippen molar-refractivity contribution in [2.75, 3.05) is 12.8 Å². The third-order valence-electron chi connectivity index (χ3n) is 4.04.